The van der Waals surface area contributed by atoms with Crippen molar-refractivity contribution in [2.45, 2.75) is 26.2 Å². The Bertz CT molecular complexity index is 142. The second-order valence-corrected chi connectivity index (χ2v) is 3.82. The van der Waals surface area contributed by atoms with Gasteiger partial charge in [0.05, 0.1) is 0 Å². The number of alkyl halides is 1. The number of aliphatic hydroxyl groups excluding tert-OH is 1. The molecule has 0 saturated carbocycles. The Hall–Kier alpha value is -0.0900. The molecule has 1 unspecified atom stereocenters. The molecule has 0 aliphatic heterocycles. The second-order valence-electron chi connectivity index (χ2n) is 3.03. The molecular formula is C9H18BrNO2. The number of hydrogen-bond donors (Lipinski definition) is 2. The number of hydrogen-bond acceptors (Lipinski definition) is 2. The number of aliphatic hydroxyl groups is 1. The summed E-state index contributed by atoms with van der Waals surface area (Å²) in [4.78, 5) is 11.1. The van der Waals surface area contributed by atoms with Crippen LogP contribution in [-0.4, -0.2) is 29.5 Å². The number of nitrogens with one attached hydrogen (secondary N) is 1. The Labute approximate surface area is 88.0 Å². The van der Waals surface area contributed by atoms with E-state index >= 15 is 0 Å². The molecular weight excluding hydrogens is 234 g/mol. The zero-order chi connectivity index (χ0) is 10.1. The lowest BCUT2D eigenvalue weighted by Gasteiger charge is -2.13. The van der Waals surface area contributed by atoms with Crippen LogP contribution in [0.3, 0.4) is 0 Å². The average Bonchev–Trinajstić information content (AvgIpc) is 2.12. The van der Waals surface area contributed by atoms with Crippen molar-refractivity contribution in [1.82, 2.24) is 5.32 Å². The number of carbonyl (C=O) groups is 1. The third kappa shape index (κ3) is 7.02. The molecule has 4 heteroatoms. The summed E-state index contributed by atoms with van der Waals surface area (Å²) in [5, 5.41) is 12.3. The highest BCUT2D eigenvalue weighted by Gasteiger charge is 2.07. The van der Waals surface area contributed by atoms with Gasteiger partial charge in [-0.1, -0.05) is 29.3 Å². The topological polar surface area (TPSA) is 49.3 Å². The number of halogens is 1. The minimum atomic E-state index is 0.0771. The van der Waals surface area contributed by atoms with E-state index in [0.717, 1.165) is 12.8 Å². The van der Waals surface area contributed by atoms with Gasteiger partial charge < -0.3 is 10.4 Å². The van der Waals surface area contributed by atoms with Crippen LogP contribution in [0, 0.1) is 5.92 Å². The van der Waals surface area contributed by atoms with Crippen molar-refractivity contribution in [1.29, 1.82) is 0 Å². The van der Waals surface area contributed by atoms with Crippen molar-refractivity contribution < 1.29 is 9.90 Å². The lowest BCUT2D eigenvalue weighted by Crippen LogP contribution is -2.29. The maximum absolute atomic E-state index is 11.1. The van der Waals surface area contributed by atoms with Gasteiger partial charge in [-0.3, -0.25) is 4.79 Å². The Kier molecular flexibility index (Phi) is 8.45. The molecule has 0 aliphatic rings. The van der Waals surface area contributed by atoms with Gasteiger partial charge in [0.25, 0.3) is 0 Å². The van der Waals surface area contributed by atoms with Crippen LogP contribution in [0.5, 0.6) is 0 Å². The molecule has 78 valence electrons. The van der Waals surface area contributed by atoms with Crippen LogP contribution in [-0.2, 0) is 4.79 Å². The summed E-state index contributed by atoms with van der Waals surface area (Å²) in [6.07, 6.45) is 2.29. The molecule has 0 aromatic carbocycles. The Morgan fingerprint density at radius 1 is 1.62 bits per heavy atom. The molecule has 13 heavy (non-hydrogen) atoms. The van der Waals surface area contributed by atoms with Crippen LogP contribution in [0.15, 0.2) is 0 Å². The van der Waals surface area contributed by atoms with Gasteiger partial charge in [-0.05, 0) is 12.3 Å². The summed E-state index contributed by atoms with van der Waals surface area (Å²) in [5.74, 6) is 0.484. The Balaban J connectivity index is 3.52. The van der Waals surface area contributed by atoms with Gasteiger partial charge in [0.1, 0.15) is 0 Å². The molecule has 2 N–H and O–H groups in total. The quantitative estimate of drug-likeness (QED) is 0.671. The van der Waals surface area contributed by atoms with Crippen LogP contribution < -0.4 is 5.32 Å². The summed E-state index contributed by atoms with van der Waals surface area (Å²) in [5.41, 5.74) is 0. The molecule has 0 bridgehead atoms. The van der Waals surface area contributed by atoms with Crippen LogP contribution >= 0.6 is 15.9 Å². The predicted octanol–water partition coefficient (Wildman–Crippen LogP) is 1.30. The maximum Gasteiger partial charge on any atom is 0.220 e. The summed E-state index contributed by atoms with van der Waals surface area (Å²) < 4.78 is 0. The van der Waals surface area contributed by atoms with E-state index in [9.17, 15) is 4.79 Å². The Morgan fingerprint density at radius 2 is 2.31 bits per heavy atom. The third-order valence-electron chi connectivity index (χ3n) is 2.02. The fraction of sp³-hybridized carbons (Fsp3) is 0.889. The van der Waals surface area contributed by atoms with Crippen molar-refractivity contribution in [3.05, 3.63) is 0 Å². The van der Waals surface area contributed by atoms with Crippen LogP contribution in [0.4, 0.5) is 0 Å². The van der Waals surface area contributed by atoms with Crippen molar-refractivity contribution in [3.63, 3.8) is 0 Å². The maximum atomic E-state index is 11.1. The SMILES string of the molecule is CCC(CCO)CNC(=O)CCBr. The van der Waals surface area contributed by atoms with Gasteiger partial charge in [0.2, 0.25) is 5.91 Å². The predicted molar refractivity (Wildman–Crippen MR) is 56.9 cm³/mol. The van der Waals surface area contributed by atoms with Gasteiger partial charge in [-0.25, -0.2) is 0 Å². The van der Waals surface area contributed by atoms with Gasteiger partial charge in [-0.2, -0.15) is 0 Å². The largest absolute Gasteiger partial charge is 0.396 e. The van der Waals surface area contributed by atoms with E-state index in [1.807, 2.05) is 0 Å². The molecule has 0 saturated heterocycles. The van der Waals surface area contributed by atoms with E-state index in [1.165, 1.54) is 0 Å². The molecule has 1 amide bonds. The molecule has 0 rings (SSSR count). The van der Waals surface area contributed by atoms with Gasteiger partial charge in [0, 0.05) is 24.9 Å². The number of carbonyl (C=O) groups excluding carboxylic acids is 1. The number of amides is 1. The smallest absolute Gasteiger partial charge is 0.220 e. The zero-order valence-corrected chi connectivity index (χ0v) is 9.64. The first-order valence-electron chi connectivity index (χ1n) is 4.68. The van der Waals surface area contributed by atoms with Gasteiger partial charge >= 0.3 is 0 Å². The summed E-state index contributed by atoms with van der Waals surface area (Å²) >= 11 is 3.20. The van der Waals surface area contributed by atoms with Crippen molar-refractivity contribution in [3.8, 4) is 0 Å². The van der Waals surface area contributed by atoms with E-state index < -0.39 is 0 Å². The third-order valence-corrected chi connectivity index (χ3v) is 2.42. The van der Waals surface area contributed by atoms with Crippen molar-refractivity contribution in [2.24, 2.45) is 5.92 Å². The second kappa shape index (κ2) is 8.51. The minimum Gasteiger partial charge on any atom is -0.396 e. The average molecular weight is 252 g/mol. The molecule has 0 fully saturated rings. The molecule has 0 aromatic heterocycles. The molecule has 0 radical (unpaired) electrons. The fourth-order valence-corrected chi connectivity index (χ4v) is 1.43. The summed E-state index contributed by atoms with van der Waals surface area (Å²) in [6, 6.07) is 0. The van der Waals surface area contributed by atoms with Gasteiger partial charge in [-0.15, -0.1) is 0 Å². The molecule has 0 spiro atoms. The first-order chi connectivity index (χ1) is 6.24. The fourth-order valence-electron chi connectivity index (χ4n) is 1.07. The lowest BCUT2D eigenvalue weighted by atomic mass is 10.0. The van der Waals surface area contributed by atoms with E-state index in [-0.39, 0.29) is 12.5 Å². The Morgan fingerprint density at radius 3 is 2.77 bits per heavy atom. The van der Waals surface area contributed by atoms with E-state index in [0.29, 0.717) is 24.2 Å². The van der Waals surface area contributed by atoms with Crippen LogP contribution in [0.2, 0.25) is 0 Å². The highest BCUT2D eigenvalue weighted by Crippen LogP contribution is 2.05. The monoisotopic (exact) mass is 251 g/mol. The highest BCUT2D eigenvalue weighted by atomic mass is 79.9. The zero-order valence-electron chi connectivity index (χ0n) is 8.05. The summed E-state index contributed by atoms with van der Waals surface area (Å²) in [6.45, 7) is 2.95. The standard InChI is InChI=1S/C9H18BrNO2/c1-2-8(4-6-12)7-11-9(13)3-5-10/h8,12H,2-7H2,1H3,(H,11,13). The van der Waals surface area contributed by atoms with Gasteiger partial charge in [0.15, 0.2) is 0 Å². The van der Waals surface area contributed by atoms with E-state index in [4.69, 9.17) is 5.11 Å². The first-order valence-corrected chi connectivity index (χ1v) is 5.80. The highest BCUT2D eigenvalue weighted by molar-refractivity contribution is 9.09. The lowest BCUT2D eigenvalue weighted by molar-refractivity contribution is -0.120. The first kappa shape index (κ1) is 12.9. The van der Waals surface area contributed by atoms with Crippen molar-refractivity contribution >= 4 is 21.8 Å². The minimum absolute atomic E-state index is 0.0771. The molecule has 0 aliphatic carbocycles. The van der Waals surface area contributed by atoms with Crippen LogP contribution in [0.25, 0.3) is 0 Å². The van der Waals surface area contributed by atoms with Crippen molar-refractivity contribution in [2.75, 3.05) is 18.5 Å². The summed E-state index contributed by atoms with van der Waals surface area (Å²) in [7, 11) is 0. The van der Waals surface area contributed by atoms with Crippen LogP contribution in [0.1, 0.15) is 26.2 Å². The number of rotatable bonds is 7. The van der Waals surface area contributed by atoms with E-state index in [1.54, 1.807) is 0 Å². The molecule has 3 nitrogen and oxygen atoms in total. The molecule has 1 atom stereocenters. The normalized spacial score (nSPS) is 12.5. The van der Waals surface area contributed by atoms with E-state index in [2.05, 4.69) is 28.2 Å². The molecule has 0 aromatic rings. The molecule has 0 heterocycles.